The van der Waals surface area contributed by atoms with E-state index in [2.05, 4.69) is 26.0 Å². The van der Waals surface area contributed by atoms with Crippen LogP contribution in [0.25, 0.3) is 0 Å². The van der Waals surface area contributed by atoms with Crippen molar-refractivity contribution in [1.29, 1.82) is 0 Å². The smallest absolute Gasteiger partial charge is 0.138 e. The van der Waals surface area contributed by atoms with E-state index < -0.39 is 0 Å². The number of aromatic nitrogens is 3. The molecule has 17 heavy (non-hydrogen) atoms. The quantitative estimate of drug-likeness (QED) is 0.942. The zero-order chi connectivity index (χ0) is 12.4. The molecule has 2 rings (SSSR count). The first kappa shape index (κ1) is 12.2. The molecule has 0 aliphatic carbocycles. The van der Waals surface area contributed by atoms with Crippen molar-refractivity contribution in [3.63, 3.8) is 0 Å². The van der Waals surface area contributed by atoms with E-state index in [0.717, 1.165) is 15.9 Å². The number of hydrogen-bond donors (Lipinski definition) is 1. The van der Waals surface area contributed by atoms with E-state index in [9.17, 15) is 4.39 Å². The molecule has 0 bridgehead atoms. The molecule has 1 aromatic heterocycles. The minimum Gasteiger partial charge on any atom is -0.324 e. The van der Waals surface area contributed by atoms with Crippen molar-refractivity contribution in [2.24, 2.45) is 12.8 Å². The monoisotopic (exact) mass is 298 g/mol. The average Bonchev–Trinajstić information content (AvgIpc) is 2.68. The maximum absolute atomic E-state index is 13.2. The second-order valence-corrected chi connectivity index (χ2v) is 4.63. The zero-order valence-electron chi connectivity index (χ0n) is 9.27. The molecule has 6 heteroatoms. The first-order valence-electron chi connectivity index (χ1n) is 5.11. The molecule has 0 aliphatic rings. The van der Waals surface area contributed by atoms with Gasteiger partial charge in [-0.15, -0.1) is 0 Å². The van der Waals surface area contributed by atoms with E-state index in [4.69, 9.17) is 5.73 Å². The summed E-state index contributed by atoms with van der Waals surface area (Å²) in [5.41, 5.74) is 6.78. The molecule has 4 nitrogen and oxygen atoms in total. The number of rotatable bonds is 3. The molecule has 0 spiro atoms. The molecule has 0 radical (unpaired) electrons. The summed E-state index contributed by atoms with van der Waals surface area (Å²) in [5, 5.41) is 3.97. The number of nitrogens with zero attached hydrogens (tertiary/aromatic N) is 3. The molecular formula is C11H12BrFN4. The Morgan fingerprint density at radius 3 is 2.94 bits per heavy atom. The van der Waals surface area contributed by atoms with Crippen LogP contribution < -0.4 is 5.73 Å². The molecular weight excluding hydrogens is 287 g/mol. The average molecular weight is 299 g/mol. The lowest BCUT2D eigenvalue weighted by Crippen LogP contribution is -2.16. The first-order chi connectivity index (χ1) is 8.08. The summed E-state index contributed by atoms with van der Waals surface area (Å²) in [4.78, 5) is 4.10. The van der Waals surface area contributed by atoms with Gasteiger partial charge in [0.2, 0.25) is 0 Å². The lowest BCUT2D eigenvalue weighted by molar-refractivity contribution is 0.604. The summed E-state index contributed by atoms with van der Waals surface area (Å²) in [6, 6.07) is 4.16. The third-order valence-corrected chi connectivity index (χ3v) is 3.29. The SMILES string of the molecule is Cn1ncnc1CC(N)c1cc(F)ccc1Br. The van der Waals surface area contributed by atoms with Crippen molar-refractivity contribution >= 4 is 15.9 Å². The van der Waals surface area contributed by atoms with Crippen LogP contribution in [0.3, 0.4) is 0 Å². The van der Waals surface area contributed by atoms with Crippen LogP contribution in [0.5, 0.6) is 0 Å². The zero-order valence-corrected chi connectivity index (χ0v) is 10.9. The van der Waals surface area contributed by atoms with E-state index in [0.29, 0.717) is 6.42 Å². The van der Waals surface area contributed by atoms with E-state index in [1.54, 1.807) is 17.8 Å². The van der Waals surface area contributed by atoms with Gasteiger partial charge in [0.1, 0.15) is 18.0 Å². The summed E-state index contributed by atoms with van der Waals surface area (Å²) in [5.74, 6) is 0.477. The Morgan fingerprint density at radius 2 is 2.29 bits per heavy atom. The Hall–Kier alpha value is -1.27. The standard InChI is InChI=1S/C11H12BrFN4/c1-17-11(15-6-16-17)5-10(14)8-4-7(13)2-3-9(8)12/h2-4,6,10H,5,14H2,1H3. The fourth-order valence-electron chi connectivity index (χ4n) is 1.61. The van der Waals surface area contributed by atoms with Crippen LogP contribution in [0.1, 0.15) is 17.4 Å². The predicted molar refractivity (Wildman–Crippen MR) is 65.7 cm³/mol. The van der Waals surface area contributed by atoms with Crippen LogP contribution in [-0.4, -0.2) is 14.8 Å². The minimum atomic E-state index is -0.317. The lowest BCUT2D eigenvalue weighted by Gasteiger charge is -2.13. The maximum atomic E-state index is 13.2. The molecule has 0 saturated carbocycles. The van der Waals surface area contributed by atoms with Crippen LogP contribution in [0.4, 0.5) is 4.39 Å². The molecule has 0 aliphatic heterocycles. The number of nitrogens with two attached hydrogens (primary N) is 1. The Labute approximate surface area is 107 Å². The van der Waals surface area contributed by atoms with Crippen LogP contribution in [0, 0.1) is 5.82 Å². The summed E-state index contributed by atoms with van der Waals surface area (Å²) in [6.07, 6.45) is 1.99. The van der Waals surface area contributed by atoms with Crippen molar-refractivity contribution in [3.05, 3.63) is 46.2 Å². The van der Waals surface area contributed by atoms with Gasteiger partial charge in [-0.2, -0.15) is 5.10 Å². The highest BCUT2D eigenvalue weighted by Crippen LogP contribution is 2.24. The lowest BCUT2D eigenvalue weighted by atomic mass is 10.0. The Kier molecular flexibility index (Phi) is 3.54. The fraction of sp³-hybridized carbons (Fsp3) is 0.273. The molecule has 0 fully saturated rings. The van der Waals surface area contributed by atoms with Crippen molar-refractivity contribution in [2.45, 2.75) is 12.5 Å². The van der Waals surface area contributed by atoms with Gasteiger partial charge in [0.25, 0.3) is 0 Å². The summed E-state index contributed by atoms with van der Waals surface area (Å²) < 4.78 is 15.6. The minimum absolute atomic E-state index is 0.295. The summed E-state index contributed by atoms with van der Waals surface area (Å²) >= 11 is 3.36. The van der Waals surface area contributed by atoms with E-state index in [-0.39, 0.29) is 11.9 Å². The van der Waals surface area contributed by atoms with E-state index in [1.807, 2.05) is 0 Å². The van der Waals surface area contributed by atoms with Crippen molar-refractivity contribution in [2.75, 3.05) is 0 Å². The number of halogens is 2. The van der Waals surface area contributed by atoms with E-state index >= 15 is 0 Å². The number of benzene rings is 1. The molecule has 0 amide bonds. The second-order valence-electron chi connectivity index (χ2n) is 3.78. The van der Waals surface area contributed by atoms with Gasteiger partial charge >= 0.3 is 0 Å². The normalized spacial score (nSPS) is 12.7. The molecule has 2 aromatic rings. The highest BCUT2D eigenvalue weighted by Gasteiger charge is 2.14. The summed E-state index contributed by atoms with van der Waals surface area (Å²) in [7, 11) is 1.80. The van der Waals surface area contributed by atoms with Gasteiger partial charge in [0, 0.05) is 24.0 Å². The van der Waals surface area contributed by atoms with Crippen LogP contribution >= 0.6 is 15.9 Å². The Morgan fingerprint density at radius 1 is 1.53 bits per heavy atom. The molecule has 1 atom stereocenters. The van der Waals surface area contributed by atoms with Crippen LogP contribution in [0.15, 0.2) is 29.0 Å². The molecule has 0 saturated heterocycles. The highest BCUT2D eigenvalue weighted by molar-refractivity contribution is 9.10. The van der Waals surface area contributed by atoms with Gasteiger partial charge in [-0.3, -0.25) is 4.68 Å². The third-order valence-electron chi connectivity index (χ3n) is 2.57. The second kappa shape index (κ2) is 4.93. The predicted octanol–water partition coefficient (Wildman–Crippen LogP) is 1.96. The number of aryl methyl sites for hydroxylation is 1. The van der Waals surface area contributed by atoms with Crippen LogP contribution in [0.2, 0.25) is 0 Å². The highest BCUT2D eigenvalue weighted by atomic mass is 79.9. The van der Waals surface area contributed by atoms with E-state index in [1.165, 1.54) is 18.5 Å². The van der Waals surface area contributed by atoms with Gasteiger partial charge in [-0.1, -0.05) is 15.9 Å². The van der Waals surface area contributed by atoms with Gasteiger partial charge < -0.3 is 5.73 Å². The van der Waals surface area contributed by atoms with Gasteiger partial charge in [0.05, 0.1) is 0 Å². The first-order valence-corrected chi connectivity index (χ1v) is 5.90. The number of hydrogen-bond acceptors (Lipinski definition) is 3. The van der Waals surface area contributed by atoms with Crippen molar-refractivity contribution < 1.29 is 4.39 Å². The topological polar surface area (TPSA) is 56.7 Å². The Bertz CT molecular complexity index is 526. The Balaban J connectivity index is 2.23. The van der Waals surface area contributed by atoms with Crippen molar-refractivity contribution in [1.82, 2.24) is 14.8 Å². The van der Waals surface area contributed by atoms with Crippen LogP contribution in [-0.2, 0) is 13.5 Å². The van der Waals surface area contributed by atoms with Gasteiger partial charge in [-0.05, 0) is 23.8 Å². The van der Waals surface area contributed by atoms with Gasteiger partial charge in [-0.25, -0.2) is 9.37 Å². The van der Waals surface area contributed by atoms with Gasteiger partial charge in [0.15, 0.2) is 0 Å². The molecule has 1 unspecified atom stereocenters. The molecule has 90 valence electrons. The molecule has 1 heterocycles. The maximum Gasteiger partial charge on any atom is 0.138 e. The van der Waals surface area contributed by atoms with Crippen molar-refractivity contribution in [3.8, 4) is 0 Å². The largest absolute Gasteiger partial charge is 0.324 e. The molecule has 1 aromatic carbocycles. The summed E-state index contributed by atoms with van der Waals surface area (Å²) in [6.45, 7) is 0. The fourth-order valence-corrected chi connectivity index (χ4v) is 2.15. The molecule has 2 N–H and O–H groups in total. The third kappa shape index (κ3) is 2.70.